The smallest absolute Gasteiger partial charge is 0.314 e. The predicted octanol–water partition coefficient (Wildman–Crippen LogP) is 3.92. The molecule has 3 N–H and O–H groups in total. The third kappa shape index (κ3) is 4.02. The van der Waals surface area contributed by atoms with E-state index in [0.717, 1.165) is 18.2 Å². The van der Waals surface area contributed by atoms with Gasteiger partial charge in [-0.25, -0.2) is 17.2 Å². The Kier molecular flexibility index (Phi) is 5.35. The van der Waals surface area contributed by atoms with Crippen LogP contribution in [-0.2, 0) is 10.0 Å². The molecule has 0 unspecified atom stereocenters. The van der Waals surface area contributed by atoms with E-state index in [0.29, 0.717) is 5.56 Å². The second-order valence-electron chi connectivity index (χ2n) is 7.00. The Labute approximate surface area is 184 Å². The standard InChI is InChI=1S/C21H14ClF2N3O4S/c1-10-6-17-18(26-21(29)20(28)25-17)9-19(10)32(30,31)27-12-3-4-13(15(22)8-12)14-7-11(23)2-5-16(14)24/h2-9,27H,1H3,(H,25,28)(H,26,29). The van der Waals surface area contributed by atoms with Gasteiger partial charge in [0.25, 0.3) is 10.0 Å². The number of aromatic amines is 2. The molecule has 4 rings (SSSR count). The molecule has 0 aliphatic rings. The largest absolute Gasteiger partial charge is 0.316 e. The van der Waals surface area contributed by atoms with E-state index in [1.165, 1.54) is 37.3 Å². The van der Waals surface area contributed by atoms with E-state index >= 15 is 0 Å². The number of rotatable bonds is 4. The van der Waals surface area contributed by atoms with E-state index in [9.17, 15) is 26.8 Å². The molecule has 0 aliphatic carbocycles. The predicted molar refractivity (Wildman–Crippen MR) is 118 cm³/mol. The van der Waals surface area contributed by atoms with Crippen molar-refractivity contribution in [1.29, 1.82) is 0 Å². The van der Waals surface area contributed by atoms with Crippen LogP contribution in [-0.4, -0.2) is 18.4 Å². The molecule has 0 aliphatic heterocycles. The molecule has 4 aromatic rings. The Morgan fingerprint density at radius 3 is 2.19 bits per heavy atom. The number of halogens is 3. The SMILES string of the molecule is Cc1cc2[nH]c(=O)c(=O)[nH]c2cc1S(=O)(=O)Nc1ccc(-c2cc(F)ccc2F)c(Cl)c1. The zero-order chi connectivity index (χ0) is 23.2. The van der Waals surface area contributed by atoms with Crippen LogP contribution in [0.3, 0.4) is 0 Å². The quantitative estimate of drug-likeness (QED) is 0.387. The zero-order valence-electron chi connectivity index (χ0n) is 16.3. The number of hydrogen-bond acceptors (Lipinski definition) is 4. The Hall–Kier alpha value is -3.50. The third-order valence-corrected chi connectivity index (χ3v) is 6.58. The number of aromatic nitrogens is 2. The first-order valence-electron chi connectivity index (χ1n) is 9.10. The monoisotopic (exact) mass is 477 g/mol. The van der Waals surface area contributed by atoms with Gasteiger partial charge in [-0.2, -0.15) is 0 Å². The summed E-state index contributed by atoms with van der Waals surface area (Å²) in [6.45, 7) is 1.53. The molecule has 7 nitrogen and oxygen atoms in total. The lowest BCUT2D eigenvalue weighted by atomic mass is 10.0. The van der Waals surface area contributed by atoms with Crippen molar-refractivity contribution in [3.8, 4) is 11.1 Å². The molecule has 0 radical (unpaired) electrons. The van der Waals surface area contributed by atoms with Crippen LogP contribution in [0.4, 0.5) is 14.5 Å². The topological polar surface area (TPSA) is 112 Å². The number of anilines is 1. The van der Waals surface area contributed by atoms with Gasteiger partial charge < -0.3 is 9.97 Å². The summed E-state index contributed by atoms with van der Waals surface area (Å²) < 4.78 is 55.9. The highest BCUT2D eigenvalue weighted by Crippen LogP contribution is 2.33. The molecule has 0 spiro atoms. The van der Waals surface area contributed by atoms with E-state index in [-0.39, 0.29) is 37.8 Å². The van der Waals surface area contributed by atoms with Crippen LogP contribution in [0.25, 0.3) is 22.2 Å². The van der Waals surface area contributed by atoms with E-state index in [4.69, 9.17) is 11.6 Å². The highest BCUT2D eigenvalue weighted by atomic mass is 35.5. The van der Waals surface area contributed by atoms with Gasteiger partial charge in [0.05, 0.1) is 26.6 Å². The number of H-pyrrole nitrogens is 2. The highest BCUT2D eigenvalue weighted by molar-refractivity contribution is 7.92. The van der Waals surface area contributed by atoms with Gasteiger partial charge in [-0.15, -0.1) is 0 Å². The van der Waals surface area contributed by atoms with Crippen LogP contribution in [0, 0.1) is 18.6 Å². The fourth-order valence-electron chi connectivity index (χ4n) is 3.25. The van der Waals surface area contributed by atoms with E-state index in [2.05, 4.69) is 14.7 Å². The Morgan fingerprint density at radius 1 is 0.875 bits per heavy atom. The van der Waals surface area contributed by atoms with Crippen molar-refractivity contribution >= 4 is 38.3 Å². The van der Waals surface area contributed by atoms with Crippen LogP contribution < -0.4 is 15.8 Å². The van der Waals surface area contributed by atoms with Crippen molar-refractivity contribution in [1.82, 2.24) is 9.97 Å². The molecule has 0 bridgehead atoms. The Bertz CT molecular complexity index is 1610. The third-order valence-electron chi connectivity index (χ3n) is 4.75. The summed E-state index contributed by atoms with van der Waals surface area (Å²) >= 11 is 6.21. The minimum absolute atomic E-state index is 0.00633. The molecule has 0 fully saturated rings. The Balaban J connectivity index is 1.72. The fourth-order valence-corrected chi connectivity index (χ4v) is 4.84. The van der Waals surface area contributed by atoms with Gasteiger partial charge in [-0.05, 0) is 55.0 Å². The average Bonchev–Trinajstić information content (AvgIpc) is 2.70. The molecule has 32 heavy (non-hydrogen) atoms. The lowest BCUT2D eigenvalue weighted by Gasteiger charge is -2.13. The maximum Gasteiger partial charge on any atom is 0.314 e. The minimum atomic E-state index is -4.12. The summed E-state index contributed by atoms with van der Waals surface area (Å²) in [6, 6.07) is 9.58. The molecular weight excluding hydrogens is 464 g/mol. The van der Waals surface area contributed by atoms with E-state index in [1.807, 2.05) is 0 Å². The van der Waals surface area contributed by atoms with E-state index < -0.39 is 32.8 Å². The van der Waals surface area contributed by atoms with Crippen molar-refractivity contribution < 1.29 is 17.2 Å². The molecule has 164 valence electrons. The summed E-state index contributed by atoms with van der Waals surface area (Å²) in [4.78, 5) is 27.6. The maximum absolute atomic E-state index is 14.1. The van der Waals surface area contributed by atoms with Crippen molar-refractivity contribution in [3.05, 3.63) is 91.5 Å². The van der Waals surface area contributed by atoms with Crippen molar-refractivity contribution in [2.24, 2.45) is 0 Å². The molecule has 3 aromatic carbocycles. The number of fused-ring (bicyclic) bond motifs is 1. The van der Waals surface area contributed by atoms with Gasteiger partial charge in [0.15, 0.2) is 0 Å². The molecule has 0 saturated heterocycles. The summed E-state index contributed by atoms with van der Waals surface area (Å²) in [6.07, 6.45) is 0. The average molecular weight is 478 g/mol. The lowest BCUT2D eigenvalue weighted by molar-refractivity contribution is 0.600. The van der Waals surface area contributed by atoms with Gasteiger partial charge in [-0.3, -0.25) is 14.3 Å². The van der Waals surface area contributed by atoms with Crippen LogP contribution in [0.15, 0.2) is 63.0 Å². The number of aryl methyl sites for hydroxylation is 1. The first kappa shape index (κ1) is 21.7. The van der Waals surface area contributed by atoms with Crippen molar-refractivity contribution in [2.45, 2.75) is 11.8 Å². The first-order chi connectivity index (χ1) is 15.0. The van der Waals surface area contributed by atoms with Gasteiger partial charge in [0.1, 0.15) is 11.6 Å². The second-order valence-corrected chi connectivity index (χ2v) is 9.05. The molecule has 0 amide bonds. The van der Waals surface area contributed by atoms with Crippen molar-refractivity contribution in [3.63, 3.8) is 0 Å². The van der Waals surface area contributed by atoms with Crippen LogP contribution >= 0.6 is 11.6 Å². The van der Waals surface area contributed by atoms with Gasteiger partial charge >= 0.3 is 11.1 Å². The minimum Gasteiger partial charge on any atom is -0.316 e. The summed E-state index contributed by atoms with van der Waals surface area (Å²) in [5.41, 5.74) is -0.823. The first-order valence-corrected chi connectivity index (χ1v) is 11.0. The molecule has 1 aromatic heterocycles. The normalized spacial score (nSPS) is 11.6. The zero-order valence-corrected chi connectivity index (χ0v) is 17.9. The summed E-state index contributed by atoms with van der Waals surface area (Å²) in [7, 11) is -4.12. The molecule has 0 saturated carbocycles. The number of sulfonamides is 1. The number of benzene rings is 3. The fraction of sp³-hybridized carbons (Fsp3) is 0.0476. The molecule has 11 heteroatoms. The lowest BCUT2D eigenvalue weighted by Crippen LogP contribution is -2.29. The molecule has 1 heterocycles. The van der Waals surface area contributed by atoms with Crippen LogP contribution in [0.1, 0.15) is 5.56 Å². The number of hydrogen-bond donors (Lipinski definition) is 3. The van der Waals surface area contributed by atoms with Gasteiger partial charge in [0, 0.05) is 11.1 Å². The second kappa shape index (κ2) is 7.88. The van der Waals surface area contributed by atoms with Gasteiger partial charge in [-0.1, -0.05) is 17.7 Å². The van der Waals surface area contributed by atoms with Gasteiger partial charge in [0.2, 0.25) is 0 Å². The number of nitrogens with one attached hydrogen (secondary N) is 3. The van der Waals surface area contributed by atoms with E-state index in [1.54, 1.807) is 0 Å². The van der Waals surface area contributed by atoms with Crippen molar-refractivity contribution in [2.75, 3.05) is 4.72 Å². The summed E-state index contributed by atoms with van der Waals surface area (Å²) in [5, 5.41) is 0.00633. The maximum atomic E-state index is 14.1. The van der Waals surface area contributed by atoms with Crippen LogP contribution in [0.2, 0.25) is 5.02 Å². The highest BCUT2D eigenvalue weighted by Gasteiger charge is 2.20. The Morgan fingerprint density at radius 2 is 1.53 bits per heavy atom. The van der Waals surface area contributed by atoms with Crippen LogP contribution in [0.5, 0.6) is 0 Å². The summed E-state index contributed by atoms with van der Waals surface area (Å²) in [5.74, 6) is -1.33. The molecule has 0 atom stereocenters. The molecular formula is C21H14ClF2N3O4S.